The zero-order valence-electron chi connectivity index (χ0n) is 31.9. The molecule has 296 valence electrons. The van der Waals surface area contributed by atoms with Crippen LogP contribution in [0.3, 0.4) is 0 Å². The van der Waals surface area contributed by atoms with Crippen LogP contribution >= 0.6 is 22.9 Å². The summed E-state index contributed by atoms with van der Waals surface area (Å²) in [4.78, 5) is 72.9. The summed E-state index contributed by atoms with van der Waals surface area (Å²) in [6, 6.07) is 15.7. The minimum atomic E-state index is -1.51. The van der Waals surface area contributed by atoms with Crippen molar-refractivity contribution in [1.82, 2.24) is 9.78 Å². The highest BCUT2D eigenvalue weighted by Crippen LogP contribution is 2.66. The summed E-state index contributed by atoms with van der Waals surface area (Å²) in [6.45, 7) is 3.68. The molecule has 6 unspecified atom stereocenters. The lowest BCUT2D eigenvalue weighted by atomic mass is 9.51. The average molecular weight is 822 g/mol. The Morgan fingerprint density at radius 1 is 0.983 bits per heavy atom. The number of carbonyl (C=O) groups excluding carboxylic acids is 4. The molecule has 2 aliphatic heterocycles. The van der Waals surface area contributed by atoms with Gasteiger partial charge in [-0.2, -0.15) is 5.10 Å². The molecule has 2 aromatic heterocycles. The SMILES string of the molecule is COc1cc(O)c(C2C3=CCC4C(=O)N(c5cccc([N+](=O)[O-])c5)C(=O)C4C3CC3C(=O)N(c4cc(-c5sc6ccc(Cl)cc6c5C)nn4C)C(=O)C32C)c(OC)c1. The molecule has 58 heavy (non-hydrogen) atoms. The van der Waals surface area contributed by atoms with E-state index in [4.69, 9.17) is 26.2 Å². The Balaban J connectivity index is 1.18. The molecule has 2 aliphatic carbocycles. The number of carbonyl (C=O) groups is 4. The molecule has 9 rings (SSSR count). The number of nitrogens with zero attached hydrogens (tertiary/aromatic N) is 5. The molecule has 1 saturated carbocycles. The molecule has 1 N–H and O–H groups in total. The van der Waals surface area contributed by atoms with Crippen molar-refractivity contribution in [3.8, 4) is 27.8 Å². The van der Waals surface area contributed by atoms with Crippen LogP contribution in [0.1, 0.15) is 36.8 Å². The number of ether oxygens (including phenoxy) is 2. The minimum absolute atomic E-state index is 0.0446. The molecule has 5 aromatic rings. The van der Waals surface area contributed by atoms with Crippen molar-refractivity contribution in [3.05, 3.63) is 98.6 Å². The molecule has 6 atom stereocenters. The maximum absolute atomic E-state index is 15.3. The van der Waals surface area contributed by atoms with Crippen LogP contribution in [0, 0.1) is 46.1 Å². The quantitative estimate of drug-likeness (QED) is 0.0758. The first-order valence-corrected chi connectivity index (χ1v) is 19.8. The lowest BCUT2D eigenvalue weighted by Crippen LogP contribution is -2.49. The highest BCUT2D eigenvalue weighted by Gasteiger charge is 2.68. The largest absolute Gasteiger partial charge is 0.507 e. The van der Waals surface area contributed by atoms with E-state index in [2.05, 4.69) is 0 Å². The number of hydrogen-bond acceptors (Lipinski definition) is 11. The van der Waals surface area contributed by atoms with Gasteiger partial charge >= 0.3 is 0 Å². The van der Waals surface area contributed by atoms with Crippen LogP contribution in [0.2, 0.25) is 5.02 Å². The predicted molar refractivity (Wildman–Crippen MR) is 215 cm³/mol. The number of anilines is 2. The van der Waals surface area contributed by atoms with Crippen molar-refractivity contribution >= 4 is 73.8 Å². The van der Waals surface area contributed by atoms with Crippen LogP contribution < -0.4 is 19.3 Å². The first-order valence-electron chi connectivity index (χ1n) is 18.6. The van der Waals surface area contributed by atoms with Crippen molar-refractivity contribution in [2.45, 2.75) is 32.6 Å². The topological polar surface area (TPSA) is 174 Å². The van der Waals surface area contributed by atoms with Crippen molar-refractivity contribution in [3.63, 3.8) is 0 Å². The third-order valence-corrected chi connectivity index (χ3v) is 14.2. The first kappa shape index (κ1) is 37.5. The van der Waals surface area contributed by atoms with E-state index in [1.165, 1.54) is 60.6 Å². The normalized spacial score (nSPS) is 25.2. The summed E-state index contributed by atoms with van der Waals surface area (Å²) in [7, 11) is 4.53. The zero-order chi connectivity index (χ0) is 41.1. The first-order chi connectivity index (χ1) is 27.7. The molecule has 3 aromatic carbocycles. The molecule has 0 radical (unpaired) electrons. The van der Waals surface area contributed by atoms with Crippen LogP contribution in [0.5, 0.6) is 17.2 Å². The number of fused-ring (bicyclic) bond motifs is 5. The van der Waals surface area contributed by atoms with Gasteiger partial charge in [0.15, 0.2) is 0 Å². The van der Waals surface area contributed by atoms with Crippen molar-refractivity contribution < 1.29 is 38.7 Å². The number of imide groups is 2. The van der Waals surface area contributed by atoms with Gasteiger partial charge in [0, 0.05) is 58.6 Å². The minimum Gasteiger partial charge on any atom is -0.507 e. The second-order valence-electron chi connectivity index (χ2n) is 15.4. The highest BCUT2D eigenvalue weighted by molar-refractivity contribution is 7.22. The molecule has 0 spiro atoms. The highest BCUT2D eigenvalue weighted by atomic mass is 35.5. The number of halogens is 1. The fraction of sp³-hybridized carbons (Fsp3) is 0.310. The van der Waals surface area contributed by atoms with Gasteiger partial charge in [-0.1, -0.05) is 29.3 Å². The summed E-state index contributed by atoms with van der Waals surface area (Å²) in [5.74, 6) is -6.06. The molecule has 4 heterocycles. The Bertz CT molecular complexity index is 2710. The van der Waals surface area contributed by atoms with Gasteiger partial charge in [-0.15, -0.1) is 11.3 Å². The van der Waals surface area contributed by atoms with E-state index in [1.54, 1.807) is 26.1 Å². The Morgan fingerprint density at radius 3 is 2.48 bits per heavy atom. The lowest BCUT2D eigenvalue weighted by Gasteiger charge is -2.49. The van der Waals surface area contributed by atoms with E-state index in [-0.39, 0.29) is 47.1 Å². The van der Waals surface area contributed by atoms with Crippen molar-refractivity contribution in [2.75, 3.05) is 24.0 Å². The van der Waals surface area contributed by atoms with Gasteiger partial charge in [0.1, 0.15) is 28.8 Å². The second kappa shape index (κ2) is 13.2. The summed E-state index contributed by atoms with van der Waals surface area (Å²) in [5, 5.41) is 29.7. The van der Waals surface area contributed by atoms with E-state index in [9.17, 15) is 24.8 Å². The van der Waals surface area contributed by atoms with Crippen LogP contribution in [-0.2, 0) is 26.2 Å². The fourth-order valence-corrected chi connectivity index (χ4v) is 11.2. The third kappa shape index (κ3) is 5.18. The number of hydrogen-bond donors (Lipinski definition) is 1. The Labute approximate surface area is 340 Å². The van der Waals surface area contributed by atoms with E-state index in [1.807, 2.05) is 31.2 Å². The number of phenols is 1. The van der Waals surface area contributed by atoms with E-state index >= 15 is 9.59 Å². The molecule has 3 fully saturated rings. The molecule has 4 amide bonds. The fourth-order valence-electron chi connectivity index (χ4n) is 9.92. The Hall–Kier alpha value is -6.06. The van der Waals surface area contributed by atoms with Gasteiger partial charge < -0.3 is 14.6 Å². The van der Waals surface area contributed by atoms with E-state index < -0.39 is 63.6 Å². The molecular weight excluding hydrogens is 786 g/mol. The summed E-state index contributed by atoms with van der Waals surface area (Å²) in [6.07, 6.45) is 2.02. The number of aromatic nitrogens is 2. The van der Waals surface area contributed by atoms with Gasteiger partial charge in [-0.25, -0.2) is 9.80 Å². The Kier molecular flexibility index (Phi) is 8.57. The number of thiophene rings is 1. The number of aromatic hydroxyl groups is 1. The van der Waals surface area contributed by atoms with Gasteiger partial charge in [0.2, 0.25) is 23.6 Å². The predicted octanol–water partition coefficient (Wildman–Crippen LogP) is 7.33. The number of amides is 4. The smallest absolute Gasteiger partial charge is 0.271 e. The number of nitro benzene ring substituents is 1. The number of non-ortho nitro benzene ring substituents is 1. The molecule has 4 aliphatic rings. The van der Waals surface area contributed by atoms with Gasteiger partial charge in [0.25, 0.3) is 5.69 Å². The van der Waals surface area contributed by atoms with Crippen molar-refractivity contribution in [1.29, 1.82) is 0 Å². The third-order valence-electron chi connectivity index (χ3n) is 12.6. The molecule has 2 saturated heterocycles. The van der Waals surface area contributed by atoms with Crippen LogP contribution in [-0.4, -0.2) is 57.7 Å². The summed E-state index contributed by atoms with van der Waals surface area (Å²) in [5.41, 5.74) is 0.673. The number of aryl methyl sites for hydroxylation is 2. The van der Waals surface area contributed by atoms with Crippen molar-refractivity contribution in [2.24, 2.45) is 36.1 Å². The van der Waals surface area contributed by atoms with E-state index in [0.29, 0.717) is 22.0 Å². The number of methoxy groups -OCH3 is 2. The maximum atomic E-state index is 15.3. The maximum Gasteiger partial charge on any atom is 0.271 e. The van der Waals surface area contributed by atoms with Crippen LogP contribution in [0.15, 0.2) is 72.3 Å². The number of benzene rings is 3. The number of allylic oxidation sites excluding steroid dienone is 2. The molecule has 14 nitrogen and oxygen atoms in total. The number of rotatable bonds is 7. The monoisotopic (exact) mass is 821 g/mol. The summed E-state index contributed by atoms with van der Waals surface area (Å²) >= 11 is 7.84. The van der Waals surface area contributed by atoms with Gasteiger partial charge in [-0.05, 0) is 67.8 Å². The zero-order valence-corrected chi connectivity index (χ0v) is 33.5. The number of nitro groups is 1. The molecule has 16 heteroatoms. The van der Waals surface area contributed by atoms with Gasteiger partial charge in [-0.3, -0.25) is 34.0 Å². The standard InChI is InChI=1S/C42H36ClN5O9S/c1-19-26-13-20(43)9-12-32(26)58-37(19)29-18-33(45(3)44-29)47-39(51)28-17-27-24(36(42(28,2)41(47)53)35-30(49)15-23(56-4)16-31(35)57-5)10-11-25-34(27)40(52)46(38(25)50)21-7-6-8-22(14-21)48(54)55/h6-10,12-16,18,25,27-28,34,36,49H,11,17H2,1-5H3. The second-order valence-corrected chi connectivity index (χ2v) is 16.9. The molecular formula is C42H36ClN5O9S. The molecule has 0 bridgehead atoms. The van der Waals surface area contributed by atoms with Crippen LogP contribution in [0.25, 0.3) is 20.7 Å². The Morgan fingerprint density at radius 2 is 1.76 bits per heavy atom. The van der Waals surface area contributed by atoms with E-state index in [0.717, 1.165) is 30.3 Å². The number of phenolic OH excluding ortho intramolecular Hbond substituents is 1. The average Bonchev–Trinajstić information content (AvgIpc) is 3.87. The van der Waals surface area contributed by atoms with Gasteiger partial charge in [0.05, 0.1) is 52.9 Å². The van der Waals surface area contributed by atoms with Crippen LogP contribution in [0.4, 0.5) is 17.2 Å². The summed E-state index contributed by atoms with van der Waals surface area (Å²) < 4.78 is 13.8. The lowest BCUT2D eigenvalue weighted by molar-refractivity contribution is -0.384.